The quantitative estimate of drug-likeness (QED) is 0.456. The van der Waals surface area contributed by atoms with Crippen LogP contribution in [0.5, 0.6) is 0 Å². The van der Waals surface area contributed by atoms with Gasteiger partial charge in [0.2, 0.25) is 5.91 Å². The number of nitrogens with one attached hydrogen (secondary N) is 1. The average molecular weight is 581 g/mol. The van der Waals surface area contributed by atoms with Crippen molar-refractivity contribution >= 4 is 32.8 Å². The molecule has 2 aromatic heterocycles. The maximum atomic E-state index is 11.8. The summed E-state index contributed by atoms with van der Waals surface area (Å²) in [5.41, 5.74) is 3.32. The highest BCUT2D eigenvalue weighted by Gasteiger charge is 2.45. The summed E-state index contributed by atoms with van der Waals surface area (Å²) in [6.45, 7) is 3.01. The third-order valence-corrected chi connectivity index (χ3v) is 10.4. The molecule has 0 radical (unpaired) electrons. The fourth-order valence-electron chi connectivity index (χ4n) is 4.94. The summed E-state index contributed by atoms with van der Waals surface area (Å²) in [5, 5.41) is 20.8. The van der Waals surface area contributed by atoms with E-state index in [9.17, 15) is 13.2 Å². The van der Waals surface area contributed by atoms with Crippen LogP contribution < -0.4 is 10.2 Å². The molecule has 0 unspecified atom stereocenters. The molecule has 40 heavy (non-hydrogen) atoms. The van der Waals surface area contributed by atoms with Crippen LogP contribution in [0.1, 0.15) is 52.1 Å². The molecule has 0 bridgehead atoms. The largest absolute Gasteiger partial charge is 0.369 e. The number of benzene rings is 1. The Labute approximate surface area is 241 Å². The molecule has 0 atom stereocenters. The average Bonchev–Trinajstić information content (AvgIpc) is 3.57. The van der Waals surface area contributed by atoms with Crippen molar-refractivity contribution in [1.29, 1.82) is 5.26 Å². The van der Waals surface area contributed by atoms with E-state index >= 15 is 0 Å². The normalized spacial score (nSPS) is 19.6. The van der Waals surface area contributed by atoms with E-state index in [0.29, 0.717) is 13.1 Å². The summed E-state index contributed by atoms with van der Waals surface area (Å²) in [5.74, 6) is 0.744. The number of aryl methyl sites for hydroxylation is 1. The van der Waals surface area contributed by atoms with E-state index in [2.05, 4.69) is 43.6 Å². The molecule has 1 N–H and O–H groups in total. The Morgan fingerprint density at radius 3 is 2.38 bits per heavy atom. The van der Waals surface area contributed by atoms with Gasteiger partial charge in [-0.1, -0.05) is 31.4 Å². The molecule has 3 aliphatic rings. The van der Waals surface area contributed by atoms with Gasteiger partial charge in [-0.05, 0) is 62.4 Å². The maximum Gasteiger partial charge on any atom is 0.224 e. The Morgan fingerprint density at radius 2 is 1.77 bits per heavy atom. The molecule has 11 heteroatoms. The van der Waals surface area contributed by atoms with Gasteiger partial charge < -0.3 is 10.2 Å². The zero-order valence-electron chi connectivity index (χ0n) is 22.7. The van der Waals surface area contributed by atoms with E-state index in [1.165, 1.54) is 6.42 Å². The second-order valence-corrected chi connectivity index (χ2v) is 14.1. The fraction of sp³-hybridized carbons (Fsp3) is 0.483. The molecule has 0 spiro atoms. The summed E-state index contributed by atoms with van der Waals surface area (Å²) in [6, 6.07) is 14.2. The number of amides is 1. The number of nitriles is 1. The van der Waals surface area contributed by atoms with Crippen molar-refractivity contribution in [3.63, 3.8) is 0 Å². The fourth-order valence-corrected chi connectivity index (χ4v) is 7.03. The van der Waals surface area contributed by atoms with E-state index < -0.39 is 15.4 Å². The van der Waals surface area contributed by atoms with Crippen LogP contribution in [0.15, 0.2) is 42.6 Å². The van der Waals surface area contributed by atoms with Crippen LogP contribution in [0.4, 0.5) is 5.69 Å². The van der Waals surface area contributed by atoms with Crippen molar-refractivity contribution in [2.75, 3.05) is 29.5 Å². The standard InChI is InChI=1S/C18H18N4O2S2.C11H16N2O.H2/c1-13-2-7-16(21-20-13)18-19-12-17(25-18)14-3-5-15(6-4-14)22-8-10-26(23,24)11-9-22;12-8-11(6-7-11)13-10(14)9-4-2-1-3-5-9;/h2-7,12H,8-11H2,1H3;9H,1-7H2,(H,13,14);1H. The maximum absolute atomic E-state index is 11.8. The second kappa shape index (κ2) is 12.0. The van der Waals surface area contributed by atoms with E-state index in [-0.39, 0.29) is 24.8 Å². The molecule has 9 nitrogen and oxygen atoms in total. The molecular formula is C29H36N6O3S2. The van der Waals surface area contributed by atoms with Crippen molar-refractivity contribution < 1.29 is 14.6 Å². The summed E-state index contributed by atoms with van der Waals surface area (Å²) in [6.07, 6.45) is 9.12. The topological polar surface area (TPSA) is 129 Å². The molecule has 3 aromatic rings. The lowest BCUT2D eigenvalue weighted by Gasteiger charge is -2.28. The first-order valence-corrected chi connectivity index (χ1v) is 16.5. The number of carbonyl (C=O) groups excluding carboxylic acids is 1. The number of sulfone groups is 1. The second-order valence-electron chi connectivity index (χ2n) is 10.8. The highest BCUT2D eigenvalue weighted by molar-refractivity contribution is 7.91. The molecule has 2 saturated carbocycles. The van der Waals surface area contributed by atoms with Crippen molar-refractivity contribution in [2.45, 2.75) is 57.4 Å². The molecule has 3 heterocycles. The van der Waals surface area contributed by atoms with Crippen LogP contribution >= 0.6 is 11.3 Å². The minimum atomic E-state index is -2.86. The monoisotopic (exact) mass is 580 g/mol. The lowest BCUT2D eigenvalue weighted by Crippen LogP contribution is -2.40. The van der Waals surface area contributed by atoms with Gasteiger partial charge in [-0.3, -0.25) is 4.79 Å². The molecule has 212 valence electrons. The summed E-state index contributed by atoms with van der Waals surface area (Å²) >= 11 is 1.58. The predicted molar refractivity (Wildman–Crippen MR) is 159 cm³/mol. The zero-order chi connectivity index (χ0) is 28.2. The Kier molecular flexibility index (Phi) is 8.47. The molecule has 2 aliphatic carbocycles. The summed E-state index contributed by atoms with van der Waals surface area (Å²) < 4.78 is 23.1. The molecule has 1 amide bonds. The highest BCUT2D eigenvalue weighted by atomic mass is 32.2. The van der Waals surface area contributed by atoms with Crippen molar-refractivity contribution in [1.82, 2.24) is 20.5 Å². The van der Waals surface area contributed by atoms with Gasteiger partial charge in [0.15, 0.2) is 9.84 Å². The number of hydrogen-bond acceptors (Lipinski definition) is 9. The van der Waals surface area contributed by atoms with Gasteiger partial charge in [0.05, 0.1) is 28.1 Å². The van der Waals surface area contributed by atoms with E-state index in [1.807, 2.05) is 37.4 Å². The third-order valence-electron chi connectivity index (χ3n) is 7.69. The van der Waals surface area contributed by atoms with Crippen molar-refractivity contribution in [3.8, 4) is 27.2 Å². The third kappa shape index (κ3) is 7.04. The minimum absolute atomic E-state index is 0. The number of rotatable bonds is 5. The number of carbonyl (C=O) groups is 1. The predicted octanol–water partition coefficient (Wildman–Crippen LogP) is 4.80. The number of anilines is 1. The molecule has 1 saturated heterocycles. The first kappa shape index (κ1) is 28.2. The Bertz CT molecular complexity index is 1460. The van der Waals surface area contributed by atoms with Gasteiger partial charge in [0.1, 0.15) is 16.2 Å². The van der Waals surface area contributed by atoms with Gasteiger partial charge in [0.25, 0.3) is 0 Å². The van der Waals surface area contributed by atoms with Crippen LogP contribution in [0.3, 0.4) is 0 Å². The highest BCUT2D eigenvalue weighted by Crippen LogP contribution is 2.36. The van der Waals surface area contributed by atoms with E-state index in [4.69, 9.17) is 5.26 Å². The molecule has 1 aromatic carbocycles. The lowest BCUT2D eigenvalue weighted by molar-refractivity contribution is -0.126. The zero-order valence-corrected chi connectivity index (χ0v) is 24.3. The Balaban J connectivity index is 0.000000219. The number of hydrogen-bond donors (Lipinski definition) is 1. The van der Waals surface area contributed by atoms with Crippen LogP contribution in [-0.4, -0.2) is 59.6 Å². The van der Waals surface area contributed by atoms with Crippen LogP contribution in [0.2, 0.25) is 0 Å². The first-order chi connectivity index (χ1) is 19.3. The van der Waals surface area contributed by atoms with Gasteiger partial charge >= 0.3 is 0 Å². The first-order valence-electron chi connectivity index (χ1n) is 13.8. The molecular weight excluding hydrogens is 544 g/mol. The van der Waals surface area contributed by atoms with Crippen LogP contribution in [0.25, 0.3) is 21.1 Å². The number of nitrogens with zero attached hydrogens (tertiary/aromatic N) is 5. The lowest BCUT2D eigenvalue weighted by atomic mass is 9.88. The van der Waals surface area contributed by atoms with Crippen molar-refractivity contribution in [3.05, 3.63) is 48.3 Å². The molecule has 3 fully saturated rings. The Morgan fingerprint density at radius 1 is 1.07 bits per heavy atom. The SMILES string of the molecule is Cc1ccc(-c2ncc(-c3ccc(N4CCS(=O)(=O)CC4)cc3)s2)nn1.N#CC1(NC(=O)C2CCCCC2)CC1.[HH]. The van der Waals surface area contributed by atoms with Crippen LogP contribution in [-0.2, 0) is 14.6 Å². The minimum Gasteiger partial charge on any atom is -0.369 e. The summed E-state index contributed by atoms with van der Waals surface area (Å²) in [4.78, 5) is 19.4. The number of thiazole rings is 1. The molecule has 1 aliphatic heterocycles. The number of aromatic nitrogens is 3. The van der Waals surface area contributed by atoms with Crippen LogP contribution in [0, 0.1) is 24.2 Å². The van der Waals surface area contributed by atoms with Gasteiger partial charge in [-0.15, -0.1) is 16.4 Å². The van der Waals surface area contributed by atoms with Gasteiger partial charge in [-0.2, -0.15) is 10.4 Å². The smallest absolute Gasteiger partial charge is 0.224 e. The van der Waals surface area contributed by atoms with Gasteiger partial charge in [0, 0.05) is 32.3 Å². The van der Waals surface area contributed by atoms with Crippen molar-refractivity contribution in [2.24, 2.45) is 5.92 Å². The van der Waals surface area contributed by atoms with E-state index in [0.717, 1.165) is 71.0 Å². The van der Waals surface area contributed by atoms with E-state index in [1.54, 1.807) is 11.3 Å². The molecule has 6 rings (SSSR count). The Hall–Kier alpha value is -3.36. The van der Waals surface area contributed by atoms with Gasteiger partial charge in [-0.25, -0.2) is 13.4 Å². The summed E-state index contributed by atoms with van der Waals surface area (Å²) in [7, 11) is -2.86.